The van der Waals surface area contributed by atoms with Gasteiger partial charge < -0.3 is 14.7 Å². The summed E-state index contributed by atoms with van der Waals surface area (Å²) in [5.74, 6) is 0. The lowest BCUT2D eigenvalue weighted by Crippen LogP contribution is -2.52. The smallest absolute Gasteiger partial charge is 0.125 e. The van der Waals surface area contributed by atoms with E-state index < -0.39 is 5.60 Å². The molecule has 3 aliphatic heterocycles. The molecule has 0 bridgehead atoms. The van der Waals surface area contributed by atoms with Gasteiger partial charge in [-0.05, 0) is 38.0 Å². The zero-order valence-electron chi connectivity index (χ0n) is 21.9. The first-order chi connectivity index (χ1) is 19.0. The highest BCUT2D eigenvalue weighted by atomic mass is 16.5. The molecule has 0 aromatic carbocycles. The molecule has 1 atom stereocenters. The summed E-state index contributed by atoms with van der Waals surface area (Å²) in [6, 6.07) is 10.8. The molecule has 200 valence electrons. The molecule has 7 heterocycles. The van der Waals surface area contributed by atoms with Gasteiger partial charge >= 0.3 is 0 Å². The van der Waals surface area contributed by atoms with Gasteiger partial charge in [0.05, 0.1) is 60.7 Å². The van der Waals surface area contributed by atoms with Gasteiger partial charge in [0.15, 0.2) is 0 Å². The van der Waals surface area contributed by atoms with Crippen LogP contribution in [0.25, 0.3) is 16.8 Å². The van der Waals surface area contributed by atoms with E-state index in [1.165, 1.54) is 0 Å². The summed E-state index contributed by atoms with van der Waals surface area (Å²) in [5, 5.41) is 35.0. The highest BCUT2D eigenvalue weighted by Gasteiger charge is 2.40. The number of likely N-dealkylation sites (tertiary alicyclic amines) is 1. The van der Waals surface area contributed by atoms with Crippen molar-refractivity contribution in [3.05, 3.63) is 59.8 Å². The highest BCUT2D eigenvalue weighted by molar-refractivity contribution is 5.83. The molecule has 3 saturated heterocycles. The van der Waals surface area contributed by atoms with E-state index >= 15 is 0 Å². The van der Waals surface area contributed by atoms with E-state index in [9.17, 15) is 10.4 Å². The molecule has 3 aliphatic rings. The van der Waals surface area contributed by atoms with Gasteiger partial charge in [-0.15, -0.1) is 5.10 Å². The molecule has 0 amide bonds. The van der Waals surface area contributed by atoms with Gasteiger partial charge in [0.2, 0.25) is 0 Å². The monoisotopic (exact) mass is 525 g/mol. The lowest BCUT2D eigenvalue weighted by Gasteiger charge is -2.41. The van der Waals surface area contributed by atoms with Crippen molar-refractivity contribution in [2.75, 3.05) is 44.3 Å². The number of aliphatic hydroxyl groups is 1. The topological polar surface area (TPSA) is 121 Å². The summed E-state index contributed by atoms with van der Waals surface area (Å²) >= 11 is 0. The summed E-state index contributed by atoms with van der Waals surface area (Å²) < 4.78 is 9.20. The molecule has 11 nitrogen and oxygen atoms in total. The number of fused-ring (bicyclic) bond motifs is 1. The molecule has 1 N–H and O–H groups in total. The first-order valence-electron chi connectivity index (χ1n) is 13.6. The molecule has 4 aromatic rings. The Morgan fingerprint density at radius 1 is 1.15 bits per heavy atom. The molecule has 0 radical (unpaired) electrons. The predicted octanol–water partition coefficient (Wildman–Crippen LogP) is 2.30. The maximum atomic E-state index is 11.5. The number of anilines is 1. The minimum Gasteiger partial charge on any atom is -0.382 e. The fourth-order valence-corrected chi connectivity index (χ4v) is 6.28. The Hall–Kier alpha value is -3.85. The first kappa shape index (κ1) is 24.2. The fourth-order valence-electron chi connectivity index (χ4n) is 6.28. The molecule has 0 saturated carbocycles. The van der Waals surface area contributed by atoms with Crippen molar-refractivity contribution >= 4 is 11.2 Å². The maximum Gasteiger partial charge on any atom is 0.125 e. The molecule has 0 unspecified atom stereocenters. The third kappa shape index (κ3) is 4.07. The molecular formula is C28H31N9O2. The molecule has 0 aliphatic carbocycles. The number of pyridine rings is 2. The van der Waals surface area contributed by atoms with Crippen molar-refractivity contribution in [3.8, 4) is 17.3 Å². The Balaban J connectivity index is 1.21. The minimum absolute atomic E-state index is 0.313. The van der Waals surface area contributed by atoms with Crippen LogP contribution in [-0.4, -0.2) is 85.0 Å². The van der Waals surface area contributed by atoms with E-state index in [4.69, 9.17) is 4.74 Å². The third-order valence-corrected chi connectivity index (χ3v) is 8.62. The summed E-state index contributed by atoms with van der Waals surface area (Å²) in [4.78, 5) is 9.06. The second kappa shape index (κ2) is 9.41. The van der Waals surface area contributed by atoms with Gasteiger partial charge in [0, 0.05) is 44.0 Å². The van der Waals surface area contributed by atoms with Crippen molar-refractivity contribution in [2.24, 2.45) is 0 Å². The van der Waals surface area contributed by atoms with E-state index in [0.29, 0.717) is 42.9 Å². The fraction of sp³-hybridized carbons (Fsp3) is 0.464. The van der Waals surface area contributed by atoms with Crippen LogP contribution in [0.1, 0.15) is 42.3 Å². The SMILES string of the molecule is Cc1c(-c2cc(N3CC[C@](O)(c4ccccn4)C3)c3c(C#N)cnn3c2)nnn1C1CCN(C2COC2)CC1. The highest BCUT2D eigenvalue weighted by Crippen LogP contribution is 2.38. The Labute approximate surface area is 226 Å². The van der Waals surface area contributed by atoms with Crippen molar-refractivity contribution in [1.82, 2.24) is 34.5 Å². The van der Waals surface area contributed by atoms with Crippen molar-refractivity contribution < 1.29 is 9.84 Å². The summed E-state index contributed by atoms with van der Waals surface area (Å²) in [5.41, 5.74) is 4.36. The molecule has 7 rings (SSSR count). The number of piperidine rings is 1. The van der Waals surface area contributed by atoms with E-state index in [2.05, 4.69) is 53.9 Å². The van der Waals surface area contributed by atoms with Crippen LogP contribution in [0, 0.1) is 18.3 Å². The predicted molar refractivity (Wildman–Crippen MR) is 143 cm³/mol. The van der Waals surface area contributed by atoms with E-state index in [1.54, 1.807) is 16.9 Å². The van der Waals surface area contributed by atoms with Gasteiger partial charge in [-0.3, -0.25) is 9.88 Å². The molecule has 4 aromatic heterocycles. The molecule has 39 heavy (non-hydrogen) atoms. The molecule has 0 spiro atoms. The van der Waals surface area contributed by atoms with Gasteiger partial charge in [0.25, 0.3) is 0 Å². The van der Waals surface area contributed by atoms with Crippen LogP contribution in [0.3, 0.4) is 0 Å². The number of rotatable bonds is 5. The van der Waals surface area contributed by atoms with Crippen LogP contribution in [-0.2, 0) is 10.3 Å². The van der Waals surface area contributed by atoms with Crippen molar-refractivity contribution in [3.63, 3.8) is 0 Å². The molecular weight excluding hydrogens is 494 g/mol. The van der Waals surface area contributed by atoms with Crippen LogP contribution in [0.4, 0.5) is 5.69 Å². The van der Waals surface area contributed by atoms with E-state index in [0.717, 1.165) is 67.3 Å². The van der Waals surface area contributed by atoms with Gasteiger partial charge in [-0.25, -0.2) is 9.20 Å². The number of ether oxygens (including phenoxy) is 1. The van der Waals surface area contributed by atoms with Crippen molar-refractivity contribution in [1.29, 1.82) is 5.26 Å². The van der Waals surface area contributed by atoms with Crippen LogP contribution in [0.2, 0.25) is 0 Å². The molecule has 3 fully saturated rings. The number of aromatic nitrogens is 6. The normalized spacial score (nSPS) is 22.8. The Morgan fingerprint density at radius 3 is 2.72 bits per heavy atom. The Morgan fingerprint density at radius 2 is 2.00 bits per heavy atom. The van der Waals surface area contributed by atoms with E-state index in [-0.39, 0.29) is 0 Å². The summed E-state index contributed by atoms with van der Waals surface area (Å²) in [7, 11) is 0. The first-order valence-corrected chi connectivity index (χ1v) is 13.6. The maximum absolute atomic E-state index is 11.5. The summed E-state index contributed by atoms with van der Waals surface area (Å²) in [6.45, 7) is 6.85. The largest absolute Gasteiger partial charge is 0.382 e. The number of hydrogen-bond donors (Lipinski definition) is 1. The standard InChI is InChI=1S/C28H31N9O2/c1-19-26(32-33-37(19)22-5-9-34(10-6-22)23-16-39-17-23)20-12-24(27-21(13-29)14-31-36(27)15-20)35-11-7-28(38,18-35)25-4-2-3-8-30-25/h2-4,8,12,14-15,22-23,38H,5-7,9-11,16-18H2,1H3/t28-/m1/s1. The van der Waals surface area contributed by atoms with Crippen LogP contribution >= 0.6 is 0 Å². The van der Waals surface area contributed by atoms with Gasteiger partial charge in [0.1, 0.15) is 22.9 Å². The Bertz CT molecular complexity index is 1550. The lowest BCUT2D eigenvalue weighted by molar-refractivity contribution is -0.0735. The number of hydrogen-bond acceptors (Lipinski definition) is 9. The quantitative estimate of drug-likeness (QED) is 0.418. The van der Waals surface area contributed by atoms with Crippen LogP contribution < -0.4 is 4.90 Å². The van der Waals surface area contributed by atoms with E-state index in [1.807, 2.05) is 24.4 Å². The molecule has 11 heteroatoms. The average Bonchev–Trinajstić information content (AvgIpc) is 3.65. The number of nitrogens with zero attached hydrogens (tertiary/aromatic N) is 9. The minimum atomic E-state index is -1.07. The van der Waals surface area contributed by atoms with Crippen LogP contribution in [0.15, 0.2) is 42.9 Å². The second-order valence-electron chi connectivity index (χ2n) is 10.9. The third-order valence-electron chi connectivity index (χ3n) is 8.62. The van der Waals surface area contributed by atoms with Crippen molar-refractivity contribution in [2.45, 2.75) is 43.9 Å². The van der Waals surface area contributed by atoms with Crippen LogP contribution in [0.5, 0.6) is 0 Å². The lowest BCUT2D eigenvalue weighted by atomic mass is 9.98. The van der Waals surface area contributed by atoms with Gasteiger partial charge in [-0.2, -0.15) is 10.4 Å². The number of nitriles is 1. The zero-order valence-corrected chi connectivity index (χ0v) is 21.9. The van der Waals surface area contributed by atoms with Gasteiger partial charge in [-0.1, -0.05) is 11.3 Å². The average molecular weight is 526 g/mol. The Kier molecular flexibility index (Phi) is 5.84. The number of β-amino-alcohol motifs (C(OH)–C–C–N with tert-alkyl or cyclic N) is 1. The second-order valence-corrected chi connectivity index (χ2v) is 10.9. The summed E-state index contributed by atoms with van der Waals surface area (Å²) in [6.07, 6.45) is 7.83. The zero-order chi connectivity index (χ0) is 26.6.